The van der Waals surface area contributed by atoms with Gasteiger partial charge in [0.05, 0.1) is 0 Å². The molecule has 0 bridgehead atoms. The second kappa shape index (κ2) is 13.5. The van der Waals surface area contributed by atoms with Crippen molar-refractivity contribution in [1.82, 2.24) is 4.90 Å². The van der Waals surface area contributed by atoms with Crippen LogP contribution in [0.25, 0.3) is 0 Å². The number of nitrogens with one attached hydrogen (secondary N) is 1. The number of hydrogen-bond acceptors (Lipinski definition) is 4. The van der Waals surface area contributed by atoms with Crippen LogP contribution >= 0.6 is 0 Å². The molecule has 0 aliphatic heterocycles. The van der Waals surface area contributed by atoms with Crippen molar-refractivity contribution in [3.8, 4) is 5.75 Å². The number of hydrogen-bond donors (Lipinski definition) is 1. The van der Waals surface area contributed by atoms with Gasteiger partial charge in [-0.2, -0.15) is 0 Å². The lowest BCUT2D eigenvalue weighted by atomic mass is 10.1. The molecule has 0 fully saturated rings. The van der Waals surface area contributed by atoms with Gasteiger partial charge in [0, 0.05) is 24.3 Å². The Morgan fingerprint density at radius 1 is 0.750 bits per heavy atom. The van der Waals surface area contributed by atoms with Gasteiger partial charge < -0.3 is 19.7 Å². The highest BCUT2D eigenvalue weighted by Crippen LogP contribution is 2.19. The molecule has 0 heterocycles. The zero-order valence-electron chi connectivity index (χ0n) is 23.3. The van der Waals surface area contributed by atoms with Crippen LogP contribution in [0.2, 0.25) is 0 Å². The Labute approximate surface area is 236 Å². The van der Waals surface area contributed by atoms with E-state index in [1.807, 2.05) is 106 Å². The van der Waals surface area contributed by atoms with Gasteiger partial charge in [-0.1, -0.05) is 72.8 Å². The van der Waals surface area contributed by atoms with Crippen LogP contribution in [0.15, 0.2) is 109 Å². The minimum Gasteiger partial charge on any atom is -0.489 e. The molecule has 0 spiro atoms. The molecule has 0 aliphatic rings. The maximum atomic E-state index is 12.9. The van der Waals surface area contributed by atoms with Crippen molar-refractivity contribution in [3.05, 3.63) is 131 Å². The Balaban J connectivity index is 1.34. The third-order valence-corrected chi connectivity index (χ3v) is 6.09. The molecule has 0 aliphatic carbocycles. The van der Waals surface area contributed by atoms with E-state index in [1.165, 1.54) is 5.56 Å². The van der Waals surface area contributed by atoms with Gasteiger partial charge in [0.25, 0.3) is 5.91 Å². The van der Waals surface area contributed by atoms with Crippen molar-refractivity contribution in [2.75, 3.05) is 11.9 Å². The smallest absolute Gasteiger partial charge is 0.410 e. The highest BCUT2D eigenvalue weighted by molar-refractivity contribution is 6.04. The number of nitrogens with zero attached hydrogens (tertiary/aromatic N) is 1. The van der Waals surface area contributed by atoms with E-state index in [9.17, 15) is 9.59 Å². The van der Waals surface area contributed by atoms with Gasteiger partial charge in [0.1, 0.15) is 18.0 Å². The summed E-state index contributed by atoms with van der Waals surface area (Å²) in [6.45, 7) is 6.97. The summed E-state index contributed by atoms with van der Waals surface area (Å²) in [4.78, 5) is 27.1. The predicted octanol–water partition coefficient (Wildman–Crippen LogP) is 7.50. The van der Waals surface area contributed by atoms with E-state index in [4.69, 9.17) is 9.47 Å². The van der Waals surface area contributed by atoms with Gasteiger partial charge >= 0.3 is 6.09 Å². The zero-order valence-corrected chi connectivity index (χ0v) is 23.3. The third-order valence-electron chi connectivity index (χ3n) is 6.09. The summed E-state index contributed by atoms with van der Waals surface area (Å²) < 4.78 is 11.7. The van der Waals surface area contributed by atoms with Crippen molar-refractivity contribution in [2.45, 2.75) is 45.9 Å². The summed E-state index contributed by atoms with van der Waals surface area (Å²) in [5.41, 5.74) is 3.84. The zero-order chi connectivity index (χ0) is 28.4. The standard InChI is InChI=1S/C34H36N2O4/c1-34(2,3)40-33(38)36(22-21-26-11-6-4-7-12-26)24-27-17-19-31(20-18-27)39-25-28-13-10-16-30(23-28)35-32(37)29-14-8-5-9-15-29/h4-20,23H,21-22,24-25H2,1-3H3,(H,35,37). The molecule has 4 rings (SSSR count). The fourth-order valence-electron chi connectivity index (χ4n) is 4.08. The predicted molar refractivity (Wildman–Crippen MR) is 158 cm³/mol. The lowest BCUT2D eigenvalue weighted by Crippen LogP contribution is -2.37. The van der Waals surface area contributed by atoms with Crippen molar-refractivity contribution < 1.29 is 19.1 Å². The topological polar surface area (TPSA) is 67.9 Å². The molecule has 1 N–H and O–H groups in total. The average Bonchev–Trinajstić information content (AvgIpc) is 2.95. The van der Waals surface area contributed by atoms with Gasteiger partial charge in [-0.15, -0.1) is 0 Å². The first-order valence-electron chi connectivity index (χ1n) is 13.4. The summed E-state index contributed by atoms with van der Waals surface area (Å²) in [6.07, 6.45) is 0.412. The van der Waals surface area contributed by atoms with E-state index in [-0.39, 0.29) is 12.0 Å². The maximum absolute atomic E-state index is 12.9. The molecule has 0 radical (unpaired) electrons. The molecule has 40 heavy (non-hydrogen) atoms. The second-order valence-electron chi connectivity index (χ2n) is 10.6. The monoisotopic (exact) mass is 536 g/mol. The molecule has 4 aromatic rings. The first-order chi connectivity index (χ1) is 19.2. The fraction of sp³-hybridized carbons (Fsp3) is 0.235. The summed E-state index contributed by atoms with van der Waals surface area (Å²) in [5.74, 6) is 0.564. The Kier molecular flexibility index (Phi) is 9.57. The number of benzene rings is 4. The normalized spacial score (nSPS) is 11.0. The van der Waals surface area contributed by atoms with Crippen LogP contribution in [0.5, 0.6) is 5.75 Å². The first kappa shape index (κ1) is 28.4. The van der Waals surface area contributed by atoms with Crippen LogP contribution in [0, 0.1) is 0 Å². The van der Waals surface area contributed by atoms with Gasteiger partial charge in [-0.25, -0.2) is 4.79 Å². The minimum atomic E-state index is -0.568. The number of carbonyl (C=O) groups excluding carboxylic acids is 2. The number of rotatable bonds is 10. The van der Waals surface area contributed by atoms with Gasteiger partial charge in [-0.05, 0) is 80.3 Å². The number of ether oxygens (including phenoxy) is 2. The molecule has 6 nitrogen and oxygen atoms in total. The van der Waals surface area contributed by atoms with Crippen LogP contribution in [0.3, 0.4) is 0 Å². The number of carbonyl (C=O) groups is 2. The fourth-order valence-corrected chi connectivity index (χ4v) is 4.08. The van der Waals surface area contributed by atoms with E-state index in [1.54, 1.807) is 17.0 Å². The van der Waals surface area contributed by atoms with E-state index in [0.717, 1.165) is 23.3 Å². The lowest BCUT2D eigenvalue weighted by Gasteiger charge is -2.27. The number of amides is 2. The number of anilines is 1. The van der Waals surface area contributed by atoms with E-state index in [0.29, 0.717) is 30.9 Å². The van der Waals surface area contributed by atoms with Gasteiger partial charge in [0.15, 0.2) is 0 Å². The molecular weight excluding hydrogens is 500 g/mol. The third kappa shape index (κ3) is 9.02. The summed E-state index contributed by atoms with van der Waals surface area (Å²) in [7, 11) is 0. The van der Waals surface area contributed by atoms with E-state index in [2.05, 4.69) is 17.4 Å². The Hall–Kier alpha value is -4.58. The SMILES string of the molecule is CC(C)(C)OC(=O)N(CCc1ccccc1)Cc1ccc(OCc2cccc(NC(=O)c3ccccc3)c2)cc1. The summed E-state index contributed by atoms with van der Waals surface area (Å²) >= 11 is 0. The van der Waals surface area contributed by atoms with Crippen LogP contribution in [-0.4, -0.2) is 29.0 Å². The van der Waals surface area contributed by atoms with E-state index < -0.39 is 5.60 Å². The quantitative estimate of drug-likeness (QED) is 0.228. The van der Waals surface area contributed by atoms with Gasteiger partial charge in [-0.3, -0.25) is 4.79 Å². The molecule has 2 amide bonds. The summed E-state index contributed by atoms with van der Waals surface area (Å²) in [6, 6.07) is 34.6. The highest BCUT2D eigenvalue weighted by Gasteiger charge is 2.22. The van der Waals surface area contributed by atoms with Crippen LogP contribution in [-0.2, 0) is 24.3 Å². The first-order valence-corrected chi connectivity index (χ1v) is 13.4. The lowest BCUT2D eigenvalue weighted by molar-refractivity contribution is 0.0235. The second-order valence-corrected chi connectivity index (χ2v) is 10.6. The highest BCUT2D eigenvalue weighted by atomic mass is 16.6. The van der Waals surface area contributed by atoms with Crippen molar-refractivity contribution in [3.63, 3.8) is 0 Å². The van der Waals surface area contributed by atoms with Crippen molar-refractivity contribution in [1.29, 1.82) is 0 Å². The van der Waals surface area contributed by atoms with Crippen LogP contribution in [0.1, 0.15) is 47.8 Å². The minimum absolute atomic E-state index is 0.154. The van der Waals surface area contributed by atoms with Crippen molar-refractivity contribution in [2.24, 2.45) is 0 Å². The molecule has 206 valence electrons. The molecule has 0 saturated heterocycles. The molecule has 4 aromatic carbocycles. The molecule has 6 heteroatoms. The molecular formula is C34H36N2O4. The molecule has 0 unspecified atom stereocenters. The van der Waals surface area contributed by atoms with E-state index >= 15 is 0 Å². The Bertz CT molecular complexity index is 1380. The van der Waals surface area contributed by atoms with Crippen LogP contribution in [0.4, 0.5) is 10.5 Å². The summed E-state index contributed by atoms with van der Waals surface area (Å²) in [5, 5.41) is 2.93. The van der Waals surface area contributed by atoms with Crippen molar-refractivity contribution >= 4 is 17.7 Å². The average molecular weight is 537 g/mol. The maximum Gasteiger partial charge on any atom is 0.410 e. The molecule has 0 atom stereocenters. The largest absolute Gasteiger partial charge is 0.489 e. The van der Waals surface area contributed by atoms with Crippen LogP contribution < -0.4 is 10.1 Å². The molecule has 0 aromatic heterocycles. The molecule has 0 saturated carbocycles. The Morgan fingerprint density at radius 2 is 1.40 bits per heavy atom. The van der Waals surface area contributed by atoms with Gasteiger partial charge in [0.2, 0.25) is 0 Å². The Morgan fingerprint density at radius 3 is 2.08 bits per heavy atom.